The molecule has 0 aliphatic carbocycles. The van der Waals surface area contributed by atoms with Crippen LogP contribution in [0, 0.1) is 5.92 Å². The van der Waals surface area contributed by atoms with E-state index in [-0.39, 0.29) is 19.1 Å². The van der Waals surface area contributed by atoms with Crippen LogP contribution in [0.4, 0.5) is 0 Å². The molecule has 0 unspecified atom stereocenters. The van der Waals surface area contributed by atoms with E-state index in [4.69, 9.17) is 10.2 Å². The SMILES string of the molecule is OC[C@H](Cc1ccccc1)[C@H](O)CO. The Labute approximate surface area is 83.6 Å². The van der Waals surface area contributed by atoms with Crippen molar-refractivity contribution in [3.63, 3.8) is 0 Å². The Bertz CT molecular complexity index is 248. The Morgan fingerprint density at radius 1 is 1.00 bits per heavy atom. The Hall–Kier alpha value is -0.900. The van der Waals surface area contributed by atoms with Crippen molar-refractivity contribution in [3.8, 4) is 0 Å². The Morgan fingerprint density at radius 3 is 2.14 bits per heavy atom. The summed E-state index contributed by atoms with van der Waals surface area (Å²) in [6, 6.07) is 9.61. The third-order valence-corrected chi connectivity index (χ3v) is 2.31. The second-order valence-corrected chi connectivity index (χ2v) is 3.38. The van der Waals surface area contributed by atoms with Gasteiger partial charge in [-0.25, -0.2) is 0 Å². The van der Waals surface area contributed by atoms with Crippen molar-refractivity contribution in [1.29, 1.82) is 0 Å². The molecule has 3 heteroatoms. The lowest BCUT2D eigenvalue weighted by molar-refractivity contribution is 0.0228. The summed E-state index contributed by atoms with van der Waals surface area (Å²) in [6.07, 6.45) is -0.265. The van der Waals surface area contributed by atoms with Crippen LogP contribution in [0.15, 0.2) is 30.3 Å². The zero-order valence-electron chi connectivity index (χ0n) is 8.00. The summed E-state index contributed by atoms with van der Waals surface area (Å²) in [4.78, 5) is 0. The zero-order valence-corrected chi connectivity index (χ0v) is 8.00. The fraction of sp³-hybridized carbons (Fsp3) is 0.455. The smallest absolute Gasteiger partial charge is 0.0824 e. The zero-order chi connectivity index (χ0) is 10.4. The fourth-order valence-electron chi connectivity index (χ4n) is 1.39. The van der Waals surface area contributed by atoms with E-state index in [1.807, 2.05) is 30.3 Å². The molecule has 0 saturated carbocycles. The first kappa shape index (κ1) is 11.2. The van der Waals surface area contributed by atoms with E-state index in [2.05, 4.69) is 0 Å². The molecule has 0 heterocycles. The van der Waals surface area contributed by atoms with E-state index in [0.29, 0.717) is 6.42 Å². The van der Waals surface area contributed by atoms with Gasteiger partial charge in [-0.15, -0.1) is 0 Å². The highest BCUT2D eigenvalue weighted by atomic mass is 16.3. The van der Waals surface area contributed by atoms with Gasteiger partial charge in [-0.1, -0.05) is 30.3 Å². The van der Waals surface area contributed by atoms with Crippen LogP contribution in [-0.4, -0.2) is 34.6 Å². The van der Waals surface area contributed by atoms with Gasteiger partial charge in [-0.2, -0.15) is 0 Å². The van der Waals surface area contributed by atoms with E-state index < -0.39 is 6.10 Å². The fourth-order valence-corrected chi connectivity index (χ4v) is 1.39. The first-order valence-electron chi connectivity index (χ1n) is 4.71. The van der Waals surface area contributed by atoms with Crippen LogP contribution in [0.3, 0.4) is 0 Å². The standard InChI is InChI=1S/C11H16O3/c12-7-10(11(14)8-13)6-9-4-2-1-3-5-9/h1-5,10-14H,6-8H2/t10-,11+/m0/s1. The molecule has 0 aliphatic rings. The summed E-state index contributed by atoms with van der Waals surface area (Å²) in [5.41, 5.74) is 1.05. The van der Waals surface area contributed by atoms with Gasteiger partial charge in [-0.05, 0) is 12.0 Å². The molecule has 0 spiro atoms. The largest absolute Gasteiger partial charge is 0.396 e. The van der Waals surface area contributed by atoms with Gasteiger partial charge in [0.1, 0.15) is 0 Å². The second-order valence-electron chi connectivity index (χ2n) is 3.38. The molecule has 0 amide bonds. The molecule has 1 aromatic rings. The molecule has 3 nitrogen and oxygen atoms in total. The Kier molecular flexibility index (Phi) is 4.59. The highest BCUT2D eigenvalue weighted by molar-refractivity contribution is 5.15. The molecule has 0 fully saturated rings. The molecule has 14 heavy (non-hydrogen) atoms. The van der Waals surface area contributed by atoms with Crippen molar-refractivity contribution in [1.82, 2.24) is 0 Å². The predicted molar refractivity (Wildman–Crippen MR) is 53.8 cm³/mol. The van der Waals surface area contributed by atoms with Crippen molar-refractivity contribution in [2.45, 2.75) is 12.5 Å². The summed E-state index contributed by atoms with van der Waals surface area (Å²) < 4.78 is 0. The number of aliphatic hydroxyl groups excluding tert-OH is 3. The molecule has 1 rings (SSSR count). The second kappa shape index (κ2) is 5.75. The minimum absolute atomic E-state index is 0.114. The Balaban J connectivity index is 2.57. The average molecular weight is 196 g/mol. The predicted octanol–water partition coefficient (Wildman–Crippen LogP) is 0.191. The van der Waals surface area contributed by atoms with Crippen molar-refractivity contribution in [3.05, 3.63) is 35.9 Å². The van der Waals surface area contributed by atoms with Crippen LogP contribution >= 0.6 is 0 Å². The van der Waals surface area contributed by atoms with Crippen LogP contribution in [0.5, 0.6) is 0 Å². The van der Waals surface area contributed by atoms with Crippen LogP contribution in [0.25, 0.3) is 0 Å². The molecule has 0 bridgehead atoms. The van der Waals surface area contributed by atoms with Crippen LogP contribution in [-0.2, 0) is 6.42 Å². The topological polar surface area (TPSA) is 60.7 Å². The van der Waals surface area contributed by atoms with Gasteiger partial charge >= 0.3 is 0 Å². The molecule has 78 valence electrons. The van der Waals surface area contributed by atoms with Gasteiger partial charge in [0.2, 0.25) is 0 Å². The lowest BCUT2D eigenvalue weighted by Gasteiger charge is -2.18. The van der Waals surface area contributed by atoms with Gasteiger partial charge in [0.15, 0.2) is 0 Å². The minimum atomic E-state index is -0.847. The molecule has 1 aromatic carbocycles. The number of aliphatic hydroxyl groups is 3. The first-order chi connectivity index (χ1) is 6.77. The summed E-state index contributed by atoms with van der Waals surface area (Å²) in [6.45, 7) is -0.422. The summed E-state index contributed by atoms with van der Waals surface area (Å²) in [5, 5.41) is 27.1. The normalized spacial score (nSPS) is 15.1. The quantitative estimate of drug-likeness (QED) is 0.630. The maximum atomic E-state index is 9.37. The van der Waals surface area contributed by atoms with Gasteiger partial charge < -0.3 is 15.3 Å². The summed E-state index contributed by atoms with van der Waals surface area (Å²) in [7, 11) is 0. The number of hydrogen-bond acceptors (Lipinski definition) is 3. The monoisotopic (exact) mass is 196 g/mol. The first-order valence-corrected chi connectivity index (χ1v) is 4.71. The van der Waals surface area contributed by atoms with Crippen molar-refractivity contribution < 1.29 is 15.3 Å². The van der Waals surface area contributed by atoms with Crippen LogP contribution in [0.2, 0.25) is 0 Å². The summed E-state index contributed by atoms with van der Waals surface area (Å²) in [5.74, 6) is -0.289. The maximum Gasteiger partial charge on any atom is 0.0824 e. The molecule has 0 aromatic heterocycles. The molecular formula is C11H16O3. The third kappa shape index (κ3) is 3.10. The van der Waals surface area contributed by atoms with Gasteiger partial charge in [-0.3, -0.25) is 0 Å². The minimum Gasteiger partial charge on any atom is -0.396 e. The van der Waals surface area contributed by atoms with Crippen LogP contribution in [0.1, 0.15) is 5.56 Å². The molecule has 0 aliphatic heterocycles. The van der Waals surface area contributed by atoms with Crippen molar-refractivity contribution >= 4 is 0 Å². The number of benzene rings is 1. The highest BCUT2D eigenvalue weighted by Gasteiger charge is 2.17. The molecule has 0 saturated heterocycles. The summed E-state index contributed by atoms with van der Waals surface area (Å²) >= 11 is 0. The van der Waals surface area contributed by atoms with Crippen molar-refractivity contribution in [2.75, 3.05) is 13.2 Å². The van der Waals surface area contributed by atoms with Gasteiger partial charge in [0, 0.05) is 12.5 Å². The van der Waals surface area contributed by atoms with Crippen LogP contribution < -0.4 is 0 Å². The maximum absolute atomic E-state index is 9.37. The molecular weight excluding hydrogens is 180 g/mol. The van der Waals surface area contributed by atoms with E-state index in [9.17, 15) is 5.11 Å². The Morgan fingerprint density at radius 2 is 1.64 bits per heavy atom. The van der Waals surface area contributed by atoms with E-state index >= 15 is 0 Å². The third-order valence-electron chi connectivity index (χ3n) is 2.31. The van der Waals surface area contributed by atoms with E-state index in [1.165, 1.54) is 0 Å². The van der Waals surface area contributed by atoms with E-state index in [0.717, 1.165) is 5.56 Å². The number of hydrogen-bond donors (Lipinski definition) is 3. The lowest BCUT2D eigenvalue weighted by atomic mass is 9.95. The van der Waals surface area contributed by atoms with Gasteiger partial charge in [0.05, 0.1) is 12.7 Å². The molecule has 2 atom stereocenters. The van der Waals surface area contributed by atoms with E-state index in [1.54, 1.807) is 0 Å². The highest BCUT2D eigenvalue weighted by Crippen LogP contribution is 2.11. The van der Waals surface area contributed by atoms with Crippen molar-refractivity contribution in [2.24, 2.45) is 5.92 Å². The molecule has 3 N–H and O–H groups in total. The van der Waals surface area contributed by atoms with Gasteiger partial charge in [0.25, 0.3) is 0 Å². The molecule has 0 radical (unpaired) electrons. The number of rotatable bonds is 5. The average Bonchev–Trinajstić information content (AvgIpc) is 2.26. The lowest BCUT2D eigenvalue weighted by Crippen LogP contribution is -2.28.